The highest BCUT2D eigenvalue weighted by molar-refractivity contribution is 5.60. The fraction of sp³-hybridized carbons (Fsp3) is 0.577. The molecule has 0 amide bonds. The Morgan fingerprint density at radius 1 is 0.857 bits per heavy atom. The SMILES string of the molecule is CCCCCCc1ccc(-c2ccc(OCCCCCC(C)CC)cc2)nc1. The smallest absolute Gasteiger partial charge is 0.119 e. The molecule has 0 saturated carbocycles. The van der Waals surface area contributed by atoms with Crippen LogP contribution in [0.25, 0.3) is 11.3 Å². The van der Waals surface area contributed by atoms with Crippen molar-refractivity contribution in [1.82, 2.24) is 4.98 Å². The van der Waals surface area contributed by atoms with Gasteiger partial charge in [-0.1, -0.05) is 71.8 Å². The van der Waals surface area contributed by atoms with Gasteiger partial charge in [0.25, 0.3) is 0 Å². The van der Waals surface area contributed by atoms with Gasteiger partial charge >= 0.3 is 0 Å². The predicted molar refractivity (Wildman–Crippen MR) is 121 cm³/mol. The van der Waals surface area contributed by atoms with Gasteiger partial charge in [-0.05, 0) is 61.1 Å². The Morgan fingerprint density at radius 3 is 2.32 bits per heavy atom. The van der Waals surface area contributed by atoms with E-state index < -0.39 is 0 Å². The second-order valence-corrected chi connectivity index (χ2v) is 8.10. The van der Waals surface area contributed by atoms with Crippen molar-refractivity contribution in [2.75, 3.05) is 6.61 Å². The van der Waals surface area contributed by atoms with Crippen LogP contribution in [0.1, 0.15) is 84.1 Å². The quantitative estimate of drug-likeness (QED) is 0.311. The molecule has 1 aromatic carbocycles. The molecule has 0 N–H and O–H groups in total. The van der Waals surface area contributed by atoms with Crippen LogP contribution in [-0.4, -0.2) is 11.6 Å². The summed E-state index contributed by atoms with van der Waals surface area (Å²) in [6.07, 6.45) is 14.7. The molecule has 28 heavy (non-hydrogen) atoms. The van der Waals surface area contributed by atoms with Gasteiger partial charge in [0.05, 0.1) is 12.3 Å². The minimum absolute atomic E-state index is 0.810. The van der Waals surface area contributed by atoms with Gasteiger partial charge in [-0.2, -0.15) is 0 Å². The molecule has 0 bridgehead atoms. The van der Waals surface area contributed by atoms with Gasteiger partial charge in [0, 0.05) is 11.8 Å². The zero-order chi connectivity index (χ0) is 20.0. The summed E-state index contributed by atoms with van der Waals surface area (Å²) in [5.41, 5.74) is 3.53. The first kappa shape index (κ1) is 22.5. The van der Waals surface area contributed by atoms with Crippen molar-refractivity contribution >= 4 is 0 Å². The average Bonchev–Trinajstić information content (AvgIpc) is 2.74. The number of ether oxygens (including phenoxy) is 1. The number of aromatic nitrogens is 1. The molecule has 1 aromatic heterocycles. The van der Waals surface area contributed by atoms with Crippen molar-refractivity contribution in [2.45, 2.75) is 85.0 Å². The standard InChI is InChI=1S/C26H39NO/c1-4-6-7-10-13-23-14-19-26(27-21-23)24-15-17-25(18-16-24)28-20-11-8-9-12-22(3)5-2/h14-19,21-22H,4-13,20H2,1-3H3. The first-order valence-electron chi connectivity index (χ1n) is 11.4. The number of pyridine rings is 1. The van der Waals surface area contributed by atoms with Crippen LogP contribution in [0.5, 0.6) is 5.75 Å². The van der Waals surface area contributed by atoms with E-state index in [4.69, 9.17) is 4.74 Å². The average molecular weight is 382 g/mol. The van der Waals surface area contributed by atoms with Crippen LogP contribution in [0, 0.1) is 5.92 Å². The third-order valence-corrected chi connectivity index (χ3v) is 5.60. The zero-order valence-electron chi connectivity index (χ0n) is 18.3. The number of hydrogen-bond donors (Lipinski definition) is 0. The van der Waals surface area contributed by atoms with Crippen LogP contribution in [-0.2, 0) is 6.42 Å². The lowest BCUT2D eigenvalue weighted by molar-refractivity contribution is 0.302. The van der Waals surface area contributed by atoms with Crippen molar-refractivity contribution in [3.8, 4) is 17.0 Å². The summed E-state index contributed by atoms with van der Waals surface area (Å²) in [5, 5.41) is 0. The molecule has 2 rings (SSSR count). The van der Waals surface area contributed by atoms with E-state index >= 15 is 0 Å². The van der Waals surface area contributed by atoms with Crippen molar-refractivity contribution in [1.29, 1.82) is 0 Å². The summed E-state index contributed by atoms with van der Waals surface area (Å²) in [5.74, 6) is 1.82. The van der Waals surface area contributed by atoms with Crippen LogP contribution in [0.4, 0.5) is 0 Å². The molecule has 154 valence electrons. The minimum atomic E-state index is 0.810. The van der Waals surface area contributed by atoms with Gasteiger partial charge in [0.1, 0.15) is 5.75 Å². The van der Waals surface area contributed by atoms with Gasteiger partial charge in [-0.3, -0.25) is 4.98 Å². The van der Waals surface area contributed by atoms with Crippen LogP contribution < -0.4 is 4.74 Å². The second kappa shape index (κ2) is 13.4. The summed E-state index contributed by atoms with van der Waals surface area (Å²) < 4.78 is 5.89. The highest BCUT2D eigenvalue weighted by atomic mass is 16.5. The van der Waals surface area contributed by atoms with Crippen LogP contribution in [0.3, 0.4) is 0 Å². The van der Waals surface area contributed by atoms with E-state index in [9.17, 15) is 0 Å². The molecule has 1 heterocycles. The number of rotatable bonds is 14. The fourth-order valence-corrected chi connectivity index (χ4v) is 3.39. The van der Waals surface area contributed by atoms with Gasteiger partial charge in [-0.25, -0.2) is 0 Å². The zero-order valence-corrected chi connectivity index (χ0v) is 18.3. The summed E-state index contributed by atoms with van der Waals surface area (Å²) in [6.45, 7) is 7.68. The Labute approximate surface area is 172 Å². The Balaban J connectivity index is 1.71. The molecular formula is C26H39NO. The van der Waals surface area contributed by atoms with Gasteiger partial charge in [0.2, 0.25) is 0 Å². The third-order valence-electron chi connectivity index (χ3n) is 5.60. The first-order chi connectivity index (χ1) is 13.7. The molecule has 0 saturated heterocycles. The summed E-state index contributed by atoms with van der Waals surface area (Å²) >= 11 is 0. The Hall–Kier alpha value is -1.83. The lowest BCUT2D eigenvalue weighted by Gasteiger charge is -2.09. The molecule has 0 aliphatic rings. The highest BCUT2D eigenvalue weighted by Gasteiger charge is 2.02. The van der Waals surface area contributed by atoms with Crippen LogP contribution in [0.15, 0.2) is 42.6 Å². The molecule has 2 nitrogen and oxygen atoms in total. The van der Waals surface area contributed by atoms with Crippen LogP contribution >= 0.6 is 0 Å². The molecule has 0 aliphatic carbocycles. The summed E-state index contributed by atoms with van der Waals surface area (Å²) in [7, 11) is 0. The Kier molecular flexibility index (Phi) is 10.7. The van der Waals surface area contributed by atoms with E-state index in [0.29, 0.717) is 0 Å². The number of unbranched alkanes of at least 4 members (excludes halogenated alkanes) is 5. The van der Waals surface area contributed by atoms with E-state index in [1.165, 1.54) is 56.9 Å². The van der Waals surface area contributed by atoms with Crippen molar-refractivity contribution in [3.63, 3.8) is 0 Å². The normalized spacial score (nSPS) is 12.1. The maximum atomic E-state index is 5.89. The molecule has 0 spiro atoms. The molecule has 2 aromatic rings. The van der Waals surface area contributed by atoms with Crippen molar-refractivity contribution < 1.29 is 4.74 Å². The lowest BCUT2D eigenvalue weighted by atomic mass is 10.0. The number of benzene rings is 1. The molecule has 0 radical (unpaired) electrons. The van der Waals surface area contributed by atoms with Gasteiger partial charge in [-0.15, -0.1) is 0 Å². The largest absolute Gasteiger partial charge is 0.494 e. The van der Waals surface area contributed by atoms with Crippen molar-refractivity contribution in [2.24, 2.45) is 5.92 Å². The van der Waals surface area contributed by atoms with Crippen LogP contribution in [0.2, 0.25) is 0 Å². The van der Waals surface area contributed by atoms with E-state index in [2.05, 4.69) is 62.2 Å². The number of nitrogens with zero attached hydrogens (tertiary/aromatic N) is 1. The molecule has 1 unspecified atom stereocenters. The van der Waals surface area contributed by atoms with E-state index in [0.717, 1.165) is 42.4 Å². The minimum Gasteiger partial charge on any atom is -0.494 e. The molecule has 0 aliphatic heterocycles. The maximum absolute atomic E-state index is 5.89. The molecular weight excluding hydrogens is 342 g/mol. The summed E-state index contributed by atoms with van der Waals surface area (Å²) in [4.78, 5) is 4.65. The lowest BCUT2D eigenvalue weighted by Crippen LogP contribution is -1.98. The number of hydrogen-bond acceptors (Lipinski definition) is 2. The van der Waals surface area contributed by atoms with Gasteiger partial charge in [0.15, 0.2) is 0 Å². The monoisotopic (exact) mass is 381 g/mol. The Bertz CT molecular complexity index is 632. The Morgan fingerprint density at radius 2 is 1.64 bits per heavy atom. The van der Waals surface area contributed by atoms with E-state index in [-0.39, 0.29) is 0 Å². The number of aryl methyl sites for hydroxylation is 1. The second-order valence-electron chi connectivity index (χ2n) is 8.10. The predicted octanol–water partition coefficient (Wildman–Crippen LogP) is 7.86. The third kappa shape index (κ3) is 8.46. The fourth-order valence-electron chi connectivity index (χ4n) is 3.39. The van der Waals surface area contributed by atoms with E-state index in [1.807, 2.05) is 6.20 Å². The maximum Gasteiger partial charge on any atom is 0.119 e. The highest BCUT2D eigenvalue weighted by Crippen LogP contribution is 2.22. The van der Waals surface area contributed by atoms with Crippen molar-refractivity contribution in [3.05, 3.63) is 48.2 Å². The first-order valence-corrected chi connectivity index (χ1v) is 11.4. The molecule has 1 atom stereocenters. The molecule has 2 heteroatoms. The van der Waals surface area contributed by atoms with E-state index in [1.54, 1.807) is 0 Å². The molecule has 0 fully saturated rings. The van der Waals surface area contributed by atoms with Gasteiger partial charge < -0.3 is 4.74 Å². The topological polar surface area (TPSA) is 22.1 Å². The summed E-state index contributed by atoms with van der Waals surface area (Å²) in [6, 6.07) is 12.7.